The first-order chi connectivity index (χ1) is 7.86. The lowest BCUT2D eigenvalue weighted by Crippen LogP contribution is -1.83. The van der Waals surface area contributed by atoms with E-state index < -0.39 is 0 Å². The van der Waals surface area contributed by atoms with Gasteiger partial charge in [0.1, 0.15) is 5.82 Å². The van der Waals surface area contributed by atoms with Crippen molar-refractivity contribution in [3.8, 4) is 11.1 Å². The quantitative estimate of drug-likeness (QED) is 0.689. The predicted octanol–water partition coefficient (Wildman–Crippen LogP) is 3.55. The summed E-state index contributed by atoms with van der Waals surface area (Å²) in [4.78, 5) is 0. The lowest BCUT2D eigenvalue weighted by molar-refractivity contribution is 1.58. The van der Waals surface area contributed by atoms with Gasteiger partial charge in [-0.1, -0.05) is 42.5 Å². The highest BCUT2D eigenvalue weighted by Gasteiger charge is 2.08. The van der Waals surface area contributed by atoms with Crippen molar-refractivity contribution in [1.82, 2.24) is 4.37 Å². The predicted molar refractivity (Wildman–Crippen MR) is 69.5 cm³/mol. The molecule has 78 valence electrons. The summed E-state index contributed by atoms with van der Waals surface area (Å²) in [7, 11) is 0. The minimum Gasteiger partial charge on any atom is -0.382 e. The number of fused-ring (bicyclic) bond motifs is 1. The van der Waals surface area contributed by atoms with Crippen molar-refractivity contribution in [3.05, 3.63) is 48.5 Å². The third kappa shape index (κ3) is 1.37. The maximum atomic E-state index is 5.82. The van der Waals surface area contributed by atoms with Crippen LogP contribution in [0.5, 0.6) is 0 Å². The molecule has 1 aromatic heterocycles. The molecule has 3 heteroatoms. The van der Waals surface area contributed by atoms with Crippen LogP contribution in [0.25, 0.3) is 21.2 Å². The van der Waals surface area contributed by atoms with Gasteiger partial charge in [0.15, 0.2) is 0 Å². The summed E-state index contributed by atoms with van der Waals surface area (Å²) < 4.78 is 5.36. The van der Waals surface area contributed by atoms with E-state index in [9.17, 15) is 0 Å². The highest BCUT2D eigenvalue weighted by atomic mass is 32.1. The van der Waals surface area contributed by atoms with Crippen molar-refractivity contribution in [1.29, 1.82) is 0 Å². The van der Waals surface area contributed by atoms with Crippen molar-refractivity contribution in [3.63, 3.8) is 0 Å². The number of hydrogen-bond donors (Lipinski definition) is 1. The fourth-order valence-electron chi connectivity index (χ4n) is 1.83. The molecule has 2 aromatic carbocycles. The van der Waals surface area contributed by atoms with Gasteiger partial charge in [-0.15, -0.1) is 0 Å². The average molecular weight is 226 g/mol. The van der Waals surface area contributed by atoms with Crippen LogP contribution in [0, 0.1) is 0 Å². The first-order valence-electron chi connectivity index (χ1n) is 5.05. The van der Waals surface area contributed by atoms with Crippen LogP contribution in [-0.2, 0) is 0 Å². The fraction of sp³-hybridized carbons (Fsp3) is 0. The van der Waals surface area contributed by atoms with Crippen LogP contribution in [-0.4, -0.2) is 4.37 Å². The molecule has 0 unspecified atom stereocenters. The van der Waals surface area contributed by atoms with Gasteiger partial charge < -0.3 is 5.73 Å². The number of nitrogen functional groups attached to an aromatic ring is 1. The molecule has 1 heterocycles. The first-order valence-corrected chi connectivity index (χ1v) is 5.83. The molecule has 0 aliphatic carbocycles. The molecule has 3 rings (SSSR count). The van der Waals surface area contributed by atoms with Crippen molar-refractivity contribution in [2.75, 3.05) is 5.73 Å². The van der Waals surface area contributed by atoms with Crippen LogP contribution in [0.2, 0.25) is 0 Å². The van der Waals surface area contributed by atoms with E-state index in [1.54, 1.807) is 0 Å². The molecule has 0 bridgehead atoms. The summed E-state index contributed by atoms with van der Waals surface area (Å²) in [5.41, 5.74) is 8.23. The lowest BCUT2D eigenvalue weighted by atomic mass is 10.0. The number of nitrogens with zero attached hydrogens (tertiary/aromatic N) is 1. The molecule has 0 saturated heterocycles. The first kappa shape index (κ1) is 9.36. The van der Waals surface area contributed by atoms with Gasteiger partial charge in [0, 0.05) is 10.9 Å². The Bertz CT molecular complexity index is 629. The van der Waals surface area contributed by atoms with Gasteiger partial charge in [-0.3, -0.25) is 0 Å². The van der Waals surface area contributed by atoms with Gasteiger partial charge in [-0.05, 0) is 23.2 Å². The van der Waals surface area contributed by atoms with Crippen molar-refractivity contribution in [2.24, 2.45) is 0 Å². The maximum Gasteiger partial charge on any atom is 0.145 e. The van der Waals surface area contributed by atoms with Crippen molar-refractivity contribution in [2.45, 2.75) is 0 Å². The Labute approximate surface area is 97.5 Å². The molecule has 16 heavy (non-hydrogen) atoms. The zero-order chi connectivity index (χ0) is 11.0. The molecule has 0 aliphatic heterocycles. The minimum absolute atomic E-state index is 0.623. The molecule has 0 saturated carbocycles. The topological polar surface area (TPSA) is 38.9 Å². The highest BCUT2D eigenvalue weighted by molar-refractivity contribution is 7.14. The molecule has 0 aliphatic rings. The number of hydrogen-bond acceptors (Lipinski definition) is 3. The number of aromatic nitrogens is 1. The molecular weight excluding hydrogens is 216 g/mol. The average Bonchev–Trinajstić information content (AvgIpc) is 2.73. The third-order valence-corrected chi connectivity index (χ3v) is 3.52. The van der Waals surface area contributed by atoms with Crippen LogP contribution >= 0.6 is 11.5 Å². The highest BCUT2D eigenvalue weighted by Crippen LogP contribution is 2.33. The minimum atomic E-state index is 0.623. The van der Waals surface area contributed by atoms with Crippen LogP contribution in [0.15, 0.2) is 48.5 Å². The summed E-state index contributed by atoms with van der Waals surface area (Å²) >= 11 is 1.46. The molecule has 0 spiro atoms. The van der Waals surface area contributed by atoms with Crippen LogP contribution in [0.3, 0.4) is 0 Å². The van der Waals surface area contributed by atoms with Gasteiger partial charge >= 0.3 is 0 Å². The molecule has 3 aromatic rings. The van der Waals surface area contributed by atoms with E-state index in [-0.39, 0.29) is 0 Å². The second-order valence-electron chi connectivity index (χ2n) is 3.62. The Morgan fingerprint density at radius 3 is 2.56 bits per heavy atom. The summed E-state index contributed by atoms with van der Waals surface area (Å²) in [6.07, 6.45) is 0. The fourth-order valence-corrected chi connectivity index (χ4v) is 2.67. The Morgan fingerprint density at radius 1 is 0.938 bits per heavy atom. The number of rotatable bonds is 1. The smallest absolute Gasteiger partial charge is 0.145 e. The second-order valence-corrected chi connectivity index (χ2v) is 4.39. The van der Waals surface area contributed by atoms with E-state index in [4.69, 9.17) is 5.73 Å². The van der Waals surface area contributed by atoms with E-state index in [0.717, 1.165) is 10.1 Å². The molecule has 0 amide bonds. The van der Waals surface area contributed by atoms with E-state index in [2.05, 4.69) is 22.6 Å². The van der Waals surface area contributed by atoms with E-state index in [0.29, 0.717) is 5.82 Å². The lowest BCUT2D eigenvalue weighted by Gasteiger charge is -2.02. The van der Waals surface area contributed by atoms with Gasteiger partial charge in [-0.2, -0.15) is 4.37 Å². The normalized spacial score (nSPS) is 10.8. The van der Waals surface area contributed by atoms with Gasteiger partial charge in [0.05, 0.1) is 4.70 Å². The second kappa shape index (κ2) is 3.61. The molecule has 0 atom stereocenters. The Kier molecular flexibility index (Phi) is 2.11. The summed E-state index contributed by atoms with van der Waals surface area (Å²) in [6.45, 7) is 0. The number of benzene rings is 2. The molecule has 0 fully saturated rings. The van der Waals surface area contributed by atoms with Crippen molar-refractivity contribution >= 4 is 27.4 Å². The third-order valence-electron chi connectivity index (χ3n) is 2.61. The van der Waals surface area contributed by atoms with Crippen LogP contribution < -0.4 is 5.73 Å². The molecule has 2 nitrogen and oxygen atoms in total. The SMILES string of the molecule is Nc1nsc2c(-c3ccccc3)cccc12. The maximum absolute atomic E-state index is 5.82. The summed E-state index contributed by atoms with van der Waals surface area (Å²) in [6, 6.07) is 16.4. The Balaban J connectivity index is 2.32. The van der Waals surface area contributed by atoms with Gasteiger partial charge in [0.2, 0.25) is 0 Å². The van der Waals surface area contributed by atoms with Crippen molar-refractivity contribution < 1.29 is 0 Å². The largest absolute Gasteiger partial charge is 0.382 e. The monoisotopic (exact) mass is 226 g/mol. The Morgan fingerprint density at radius 2 is 1.75 bits per heavy atom. The van der Waals surface area contributed by atoms with Gasteiger partial charge in [0.25, 0.3) is 0 Å². The van der Waals surface area contributed by atoms with E-state index >= 15 is 0 Å². The Hall–Kier alpha value is -1.87. The van der Waals surface area contributed by atoms with Gasteiger partial charge in [-0.25, -0.2) is 0 Å². The summed E-state index contributed by atoms with van der Waals surface area (Å²) in [5.74, 6) is 0.623. The summed E-state index contributed by atoms with van der Waals surface area (Å²) in [5, 5.41) is 1.05. The zero-order valence-electron chi connectivity index (χ0n) is 8.55. The zero-order valence-corrected chi connectivity index (χ0v) is 9.37. The number of nitrogens with two attached hydrogens (primary N) is 1. The van der Waals surface area contributed by atoms with E-state index in [1.165, 1.54) is 22.7 Å². The van der Waals surface area contributed by atoms with Crippen LogP contribution in [0.1, 0.15) is 0 Å². The van der Waals surface area contributed by atoms with E-state index in [1.807, 2.05) is 30.3 Å². The number of anilines is 1. The molecular formula is C13H10N2S. The van der Waals surface area contributed by atoms with Crippen LogP contribution in [0.4, 0.5) is 5.82 Å². The molecule has 0 radical (unpaired) electrons. The molecule has 2 N–H and O–H groups in total. The standard InChI is InChI=1S/C13H10N2S/c14-13-11-8-4-7-10(12(11)16-15-13)9-5-2-1-3-6-9/h1-8H,(H2,14,15).